The lowest BCUT2D eigenvalue weighted by Gasteiger charge is -2.19. The first-order chi connectivity index (χ1) is 9.15. The van der Waals surface area contributed by atoms with Crippen molar-refractivity contribution >= 4 is 0 Å². The molecule has 1 aromatic carbocycles. The summed E-state index contributed by atoms with van der Waals surface area (Å²) in [6.45, 7) is 7.90. The Balaban J connectivity index is 2.30. The summed E-state index contributed by atoms with van der Waals surface area (Å²) < 4.78 is 0. The topological polar surface area (TPSA) is 32.3 Å². The van der Waals surface area contributed by atoms with E-state index in [0.29, 0.717) is 11.8 Å². The van der Waals surface area contributed by atoms with Crippen LogP contribution in [0.1, 0.15) is 52.0 Å². The van der Waals surface area contributed by atoms with Crippen molar-refractivity contribution in [1.82, 2.24) is 5.32 Å². The summed E-state index contributed by atoms with van der Waals surface area (Å²) in [5.74, 6) is 1.15. The van der Waals surface area contributed by atoms with Gasteiger partial charge in [-0.3, -0.25) is 0 Å². The van der Waals surface area contributed by atoms with Crippen molar-refractivity contribution in [3.63, 3.8) is 0 Å². The van der Waals surface area contributed by atoms with Crippen molar-refractivity contribution in [3.05, 3.63) is 29.8 Å². The van der Waals surface area contributed by atoms with Gasteiger partial charge in [-0.15, -0.1) is 0 Å². The number of nitrogens with one attached hydrogen (secondary N) is 1. The molecule has 0 saturated carbocycles. The summed E-state index contributed by atoms with van der Waals surface area (Å²) in [6.07, 6.45) is 6.25. The van der Waals surface area contributed by atoms with Crippen LogP contribution in [0.25, 0.3) is 0 Å². The van der Waals surface area contributed by atoms with Crippen LogP contribution in [-0.4, -0.2) is 17.7 Å². The molecule has 2 unspecified atom stereocenters. The first kappa shape index (κ1) is 16.0. The Kier molecular flexibility index (Phi) is 7.57. The molecule has 19 heavy (non-hydrogen) atoms. The molecule has 0 amide bonds. The molecule has 0 aliphatic heterocycles. The van der Waals surface area contributed by atoms with Gasteiger partial charge in [-0.25, -0.2) is 0 Å². The SMILES string of the molecule is CCCCC(CC)CNC(C)Cc1ccc(O)cc1. The number of rotatable bonds is 9. The van der Waals surface area contributed by atoms with E-state index in [9.17, 15) is 5.11 Å². The molecule has 1 rings (SSSR count). The molecule has 0 radical (unpaired) electrons. The highest BCUT2D eigenvalue weighted by molar-refractivity contribution is 5.26. The van der Waals surface area contributed by atoms with E-state index in [1.165, 1.54) is 31.2 Å². The molecule has 0 aliphatic carbocycles. The fraction of sp³-hybridized carbons (Fsp3) is 0.647. The molecule has 2 N–H and O–H groups in total. The van der Waals surface area contributed by atoms with E-state index in [1.807, 2.05) is 12.1 Å². The predicted octanol–water partition coefficient (Wildman–Crippen LogP) is 4.13. The Morgan fingerprint density at radius 2 is 1.84 bits per heavy atom. The standard InChI is InChI=1S/C17H29NO/c1-4-6-7-15(5-2)13-18-14(3)12-16-8-10-17(19)11-9-16/h8-11,14-15,18-19H,4-7,12-13H2,1-3H3. The Bertz CT molecular complexity index is 334. The molecule has 2 nitrogen and oxygen atoms in total. The highest BCUT2D eigenvalue weighted by atomic mass is 16.3. The molecule has 0 fully saturated rings. The molecule has 0 saturated heterocycles. The predicted molar refractivity (Wildman–Crippen MR) is 82.6 cm³/mol. The van der Waals surface area contributed by atoms with Gasteiger partial charge in [-0.2, -0.15) is 0 Å². The third-order valence-electron chi connectivity index (χ3n) is 3.78. The van der Waals surface area contributed by atoms with Crippen LogP contribution in [-0.2, 0) is 6.42 Å². The number of phenolic OH excluding ortho intramolecular Hbond substituents is 1. The van der Waals surface area contributed by atoms with E-state index in [-0.39, 0.29) is 0 Å². The van der Waals surface area contributed by atoms with Crippen molar-refractivity contribution in [3.8, 4) is 5.75 Å². The summed E-state index contributed by atoms with van der Waals surface area (Å²) in [6, 6.07) is 8.01. The van der Waals surface area contributed by atoms with Crippen molar-refractivity contribution < 1.29 is 5.11 Å². The molecule has 1 aromatic rings. The normalized spacial score (nSPS) is 14.3. The zero-order valence-corrected chi connectivity index (χ0v) is 12.7. The largest absolute Gasteiger partial charge is 0.508 e. The van der Waals surface area contributed by atoms with Crippen LogP contribution >= 0.6 is 0 Å². The molecule has 0 aliphatic rings. The maximum atomic E-state index is 9.27. The number of aromatic hydroxyl groups is 1. The van der Waals surface area contributed by atoms with Gasteiger partial charge in [0.15, 0.2) is 0 Å². The van der Waals surface area contributed by atoms with Gasteiger partial charge in [0.1, 0.15) is 5.75 Å². The molecular weight excluding hydrogens is 234 g/mol. The van der Waals surface area contributed by atoms with Crippen LogP contribution in [0.15, 0.2) is 24.3 Å². The minimum atomic E-state index is 0.343. The first-order valence-corrected chi connectivity index (χ1v) is 7.67. The summed E-state index contributed by atoms with van der Waals surface area (Å²) in [7, 11) is 0. The van der Waals surface area contributed by atoms with Gasteiger partial charge in [0.25, 0.3) is 0 Å². The number of benzene rings is 1. The first-order valence-electron chi connectivity index (χ1n) is 7.67. The molecular formula is C17H29NO. The van der Waals surface area contributed by atoms with Crippen LogP contribution in [0, 0.1) is 5.92 Å². The van der Waals surface area contributed by atoms with Gasteiger partial charge >= 0.3 is 0 Å². The molecule has 108 valence electrons. The molecule has 0 spiro atoms. The smallest absolute Gasteiger partial charge is 0.115 e. The van der Waals surface area contributed by atoms with Crippen LogP contribution in [0.5, 0.6) is 5.75 Å². The molecule has 0 aromatic heterocycles. The minimum Gasteiger partial charge on any atom is -0.508 e. The summed E-state index contributed by atoms with van der Waals surface area (Å²) in [5, 5.41) is 12.9. The van der Waals surface area contributed by atoms with Gasteiger partial charge in [0, 0.05) is 6.04 Å². The van der Waals surface area contributed by atoms with Gasteiger partial charge in [0.2, 0.25) is 0 Å². The third-order valence-corrected chi connectivity index (χ3v) is 3.78. The second-order valence-corrected chi connectivity index (χ2v) is 5.60. The van der Waals surface area contributed by atoms with E-state index >= 15 is 0 Å². The van der Waals surface area contributed by atoms with Crippen molar-refractivity contribution in [2.24, 2.45) is 5.92 Å². The Morgan fingerprint density at radius 3 is 2.42 bits per heavy atom. The molecule has 2 heteroatoms. The highest BCUT2D eigenvalue weighted by Crippen LogP contribution is 2.13. The lowest BCUT2D eigenvalue weighted by atomic mass is 9.98. The maximum absolute atomic E-state index is 9.27. The Hall–Kier alpha value is -1.02. The molecule has 2 atom stereocenters. The van der Waals surface area contributed by atoms with Crippen molar-refractivity contribution in [2.45, 2.75) is 58.9 Å². The number of hydrogen-bond donors (Lipinski definition) is 2. The van der Waals surface area contributed by atoms with E-state index in [4.69, 9.17) is 0 Å². The van der Waals surface area contributed by atoms with E-state index < -0.39 is 0 Å². The Labute approximate surface area is 118 Å². The van der Waals surface area contributed by atoms with Crippen molar-refractivity contribution in [1.29, 1.82) is 0 Å². The van der Waals surface area contributed by atoms with Crippen molar-refractivity contribution in [2.75, 3.05) is 6.54 Å². The highest BCUT2D eigenvalue weighted by Gasteiger charge is 2.08. The number of unbranched alkanes of at least 4 members (excludes halogenated alkanes) is 1. The second-order valence-electron chi connectivity index (χ2n) is 5.60. The van der Waals surface area contributed by atoms with Crippen LogP contribution in [0.2, 0.25) is 0 Å². The van der Waals surface area contributed by atoms with Crippen LogP contribution in [0.3, 0.4) is 0 Å². The lowest BCUT2D eigenvalue weighted by molar-refractivity contribution is 0.394. The van der Waals surface area contributed by atoms with Gasteiger partial charge in [-0.1, -0.05) is 45.2 Å². The fourth-order valence-electron chi connectivity index (χ4n) is 2.37. The van der Waals surface area contributed by atoms with E-state index in [2.05, 4.69) is 26.1 Å². The second kappa shape index (κ2) is 8.98. The average Bonchev–Trinajstić information content (AvgIpc) is 2.42. The summed E-state index contributed by atoms with van der Waals surface area (Å²) in [5.41, 5.74) is 1.28. The average molecular weight is 263 g/mol. The number of hydrogen-bond acceptors (Lipinski definition) is 2. The third kappa shape index (κ3) is 6.63. The molecule has 0 heterocycles. The van der Waals surface area contributed by atoms with Gasteiger partial charge in [0.05, 0.1) is 0 Å². The molecule has 0 bridgehead atoms. The fourth-order valence-corrected chi connectivity index (χ4v) is 2.37. The van der Waals surface area contributed by atoms with Gasteiger partial charge < -0.3 is 10.4 Å². The minimum absolute atomic E-state index is 0.343. The van der Waals surface area contributed by atoms with Crippen LogP contribution in [0.4, 0.5) is 0 Å². The maximum Gasteiger partial charge on any atom is 0.115 e. The summed E-state index contributed by atoms with van der Waals surface area (Å²) in [4.78, 5) is 0. The van der Waals surface area contributed by atoms with Gasteiger partial charge in [-0.05, 0) is 49.9 Å². The zero-order valence-electron chi connectivity index (χ0n) is 12.7. The zero-order chi connectivity index (χ0) is 14.1. The number of phenols is 1. The van der Waals surface area contributed by atoms with Crippen LogP contribution < -0.4 is 5.32 Å². The van der Waals surface area contributed by atoms with E-state index in [0.717, 1.165) is 18.9 Å². The van der Waals surface area contributed by atoms with E-state index in [1.54, 1.807) is 12.1 Å². The lowest BCUT2D eigenvalue weighted by Crippen LogP contribution is -2.32. The summed E-state index contributed by atoms with van der Waals surface area (Å²) >= 11 is 0. The monoisotopic (exact) mass is 263 g/mol. The Morgan fingerprint density at radius 1 is 1.16 bits per heavy atom. The quantitative estimate of drug-likeness (QED) is 0.702.